The number of unbranched alkanes of at least 4 members (excludes halogenated alkanes) is 1. The molecule has 7 amide bonds. The number of rotatable bonds is 27. The van der Waals surface area contributed by atoms with E-state index in [0.717, 1.165) is 0 Å². The van der Waals surface area contributed by atoms with Crippen molar-refractivity contribution in [2.45, 2.75) is 116 Å². The molecule has 6 atom stereocenters. The Kier molecular flexibility index (Phi) is 23.1. The number of carboxylic acid groups (broad SMARTS) is 3. The Balaban J connectivity index is 6.09. The Labute approximate surface area is 318 Å². The predicted molar refractivity (Wildman–Crippen MR) is 193 cm³/mol. The van der Waals surface area contributed by atoms with Crippen LogP contribution >= 0.6 is 0 Å². The topological polar surface area (TPSA) is 368 Å². The van der Waals surface area contributed by atoms with Gasteiger partial charge in [0.25, 0.3) is 0 Å². The van der Waals surface area contributed by atoms with Crippen molar-refractivity contribution in [3.05, 3.63) is 0 Å². The van der Waals surface area contributed by atoms with Crippen LogP contribution in [0.1, 0.15) is 79.6 Å². The van der Waals surface area contributed by atoms with Gasteiger partial charge in [0.1, 0.15) is 42.8 Å². The minimum Gasteiger partial charge on any atom is -0.481 e. The molecule has 0 rings (SSSR count). The van der Waals surface area contributed by atoms with Crippen LogP contribution < -0.4 is 48.7 Å². The minimum atomic E-state index is -1.75. The molecule has 22 nitrogen and oxygen atoms in total. The molecule has 0 spiro atoms. The van der Waals surface area contributed by atoms with Crippen molar-refractivity contribution in [3.63, 3.8) is 0 Å². The molecule has 0 aromatic heterocycles. The summed E-state index contributed by atoms with van der Waals surface area (Å²) in [4.78, 5) is 125. The van der Waals surface area contributed by atoms with Crippen molar-refractivity contribution in [2.24, 2.45) is 23.3 Å². The van der Waals surface area contributed by atoms with Crippen LogP contribution in [0.5, 0.6) is 0 Å². The third-order valence-electron chi connectivity index (χ3n) is 7.65. The van der Waals surface area contributed by atoms with E-state index < -0.39 is 121 Å². The number of carboxylic acids is 3. The summed E-state index contributed by atoms with van der Waals surface area (Å²) < 4.78 is 0. The SMILES string of the molecule is CC(C)C[C@H](NC(=O)[C@H](CC(=O)O)NC(=O)[C@H](CC(C)C)NC(=O)[C@H](CCCCN)NC(=O)CN)C(=O)N[C@@H](C)C(=O)N[C@@H](CC(=O)O)C(=O)NCC(=O)O. The van der Waals surface area contributed by atoms with Gasteiger partial charge in [0.15, 0.2) is 0 Å². The number of carbonyl (C=O) groups excluding carboxylic acids is 7. The zero-order valence-corrected chi connectivity index (χ0v) is 31.8. The van der Waals surface area contributed by atoms with Crippen LogP contribution in [0.15, 0.2) is 0 Å². The summed E-state index contributed by atoms with van der Waals surface area (Å²) in [6.07, 6.45) is -0.641. The Morgan fingerprint density at radius 2 is 0.909 bits per heavy atom. The molecular formula is C33H57N9O13. The van der Waals surface area contributed by atoms with Gasteiger partial charge in [0, 0.05) is 0 Å². The van der Waals surface area contributed by atoms with Gasteiger partial charge in [-0.05, 0) is 57.4 Å². The van der Waals surface area contributed by atoms with Crippen molar-refractivity contribution in [1.82, 2.24) is 37.2 Å². The summed E-state index contributed by atoms with van der Waals surface area (Å²) >= 11 is 0. The summed E-state index contributed by atoms with van der Waals surface area (Å²) in [6, 6.07) is -8.62. The zero-order valence-electron chi connectivity index (χ0n) is 31.8. The van der Waals surface area contributed by atoms with Crippen LogP contribution in [0.25, 0.3) is 0 Å². The summed E-state index contributed by atoms with van der Waals surface area (Å²) in [6.45, 7) is 7.18. The highest BCUT2D eigenvalue weighted by Crippen LogP contribution is 2.10. The van der Waals surface area contributed by atoms with Crippen molar-refractivity contribution < 1.29 is 63.3 Å². The fraction of sp³-hybridized carbons (Fsp3) is 0.697. The second-order valence-electron chi connectivity index (χ2n) is 13.7. The molecular weight excluding hydrogens is 730 g/mol. The van der Waals surface area contributed by atoms with E-state index in [2.05, 4.69) is 31.9 Å². The summed E-state index contributed by atoms with van der Waals surface area (Å²) in [5, 5.41) is 43.7. The molecule has 55 heavy (non-hydrogen) atoms. The number of aliphatic carboxylic acids is 3. The summed E-state index contributed by atoms with van der Waals surface area (Å²) in [7, 11) is 0. The minimum absolute atomic E-state index is 0.0367. The Hall–Kier alpha value is -5.38. The summed E-state index contributed by atoms with van der Waals surface area (Å²) in [5.74, 6) is -11.3. The highest BCUT2D eigenvalue weighted by molar-refractivity contribution is 5.98. The molecule has 0 aromatic rings. The third kappa shape index (κ3) is 21.2. The lowest BCUT2D eigenvalue weighted by Gasteiger charge is -2.27. The lowest BCUT2D eigenvalue weighted by molar-refractivity contribution is -0.142. The number of nitrogens with one attached hydrogen (secondary N) is 7. The molecule has 0 aliphatic heterocycles. The fourth-order valence-corrected chi connectivity index (χ4v) is 4.97. The van der Waals surface area contributed by atoms with Gasteiger partial charge >= 0.3 is 17.9 Å². The largest absolute Gasteiger partial charge is 0.481 e. The fourth-order valence-electron chi connectivity index (χ4n) is 4.97. The number of hydrogen-bond acceptors (Lipinski definition) is 12. The average Bonchev–Trinajstić information content (AvgIpc) is 3.07. The second kappa shape index (κ2) is 25.6. The maximum Gasteiger partial charge on any atom is 0.322 e. The maximum absolute atomic E-state index is 13.5. The van der Waals surface area contributed by atoms with Gasteiger partial charge in [0.05, 0.1) is 19.4 Å². The number of nitrogens with two attached hydrogens (primary N) is 2. The van der Waals surface area contributed by atoms with Gasteiger partial charge in [-0.15, -0.1) is 0 Å². The molecule has 14 N–H and O–H groups in total. The molecule has 0 aliphatic rings. The van der Waals surface area contributed by atoms with E-state index in [9.17, 15) is 53.1 Å². The first-order chi connectivity index (χ1) is 25.6. The molecule has 0 aromatic carbocycles. The van der Waals surface area contributed by atoms with E-state index in [0.29, 0.717) is 19.4 Å². The van der Waals surface area contributed by atoms with Crippen LogP contribution in [-0.2, 0) is 47.9 Å². The lowest BCUT2D eigenvalue weighted by atomic mass is 10.0. The molecule has 312 valence electrons. The van der Waals surface area contributed by atoms with Crippen LogP contribution in [0.2, 0.25) is 0 Å². The van der Waals surface area contributed by atoms with E-state index in [1.165, 1.54) is 6.92 Å². The van der Waals surface area contributed by atoms with Crippen LogP contribution in [0.3, 0.4) is 0 Å². The number of carbonyl (C=O) groups is 10. The van der Waals surface area contributed by atoms with Gasteiger partial charge < -0.3 is 64.0 Å². The van der Waals surface area contributed by atoms with Gasteiger partial charge in [-0.2, -0.15) is 0 Å². The monoisotopic (exact) mass is 787 g/mol. The molecule has 0 bridgehead atoms. The molecule has 0 radical (unpaired) electrons. The maximum atomic E-state index is 13.5. The first-order valence-corrected chi connectivity index (χ1v) is 17.8. The van der Waals surface area contributed by atoms with Crippen LogP contribution in [0.4, 0.5) is 0 Å². The average molecular weight is 788 g/mol. The van der Waals surface area contributed by atoms with Crippen molar-refractivity contribution in [2.75, 3.05) is 19.6 Å². The highest BCUT2D eigenvalue weighted by Gasteiger charge is 2.34. The summed E-state index contributed by atoms with van der Waals surface area (Å²) in [5.41, 5.74) is 10.9. The quantitative estimate of drug-likeness (QED) is 0.0356. The lowest BCUT2D eigenvalue weighted by Crippen LogP contribution is -2.60. The van der Waals surface area contributed by atoms with E-state index in [-0.39, 0.29) is 31.1 Å². The van der Waals surface area contributed by atoms with E-state index in [4.69, 9.17) is 21.7 Å². The van der Waals surface area contributed by atoms with Gasteiger partial charge in [-0.1, -0.05) is 27.7 Å². The first kappa shape index (κ1) is 49.6. The molecule has 0 heterocycles. The molecule has 0 saturated heterocycles. The number of hydrogen-bond donors (Lipinski definition) is 12. The van der Waals surface area contributed by atoms with Crippen molar-refractivity contribution in [1.29, 1.82) is 0 Å². The second-order valence-corrected chi connectivity index (χ2v) is 13.7. The first-order valence-electron chi connectivity index (χ1n) is 17.8. The van der Waals surface area contributed by atoms with Gasteiger partial charge in [0.2, 0.25) is 41.4 Å². The molecule has 22 heteroatoms. The predicted octanol–water partition coefficient (Wildman–Crippen LogP) is -3.75. The molecule has 0 fully saturated rings. The van der Waals surface area contributed by atoms with Gasteiger partial charge in [-0.3, -0.25) is 47.9 Å². The third-order valence-corrected chi connectivity index (χ3v) is 7.65. The van der Waals surface area contributed by atoms with Crippen molar-refractivity contribution >= 4 is 59.3 Å². The van der Waals surface area contributed by atoms with E-state index in [1.807, 2.05) is 5.32 Å². The van der Waals surface area contributed by atoms with E-state index >= 15 is 0 Å². The number of amides is 7. The van der Waals surface area contributed by atoms with E-state index in [1.54, 1.807) is 27.7 Å². The van der Waals surface area contributed by atoms with Crippen molar-refractivity contribution in [3.8, 4) is 0 Å². The zero-order chi connectivity index (χ0) is 42.4. The normalized spacial score (nSPS) is 14.2. The molecule has 0 saturated carbocycles. The van der Waals surface area contributed by atoms with Crippen LogP contribution in [0, 0.1) is 11.8 Å². The molecule has 0 aliphatic carbocycles. The Morgan fingerprint density at radius 3 is 1.35 bits per heavy atom. The van der Waals surface area contributed by atoms with Gasteiger partial charge in [-0.25, -0.2) is 0 Å². The highest BCUT2D eigenvalue weighted by atomic mass is 16.4. The standard InChI is InChI=1S/C33H57N9O13/c1-16(2)10-20(31(53)37-18(5)28(50)39-22(12-25(44)45)29(51)36-15-27(48)49)41-33(55)23(13-26(46)47)42-32(54)21(11-17(3)4)40-30(52)19(8-6-7-9-34)38-24(43)14-35/h16-23H,6-15,34-35H2,1-5H3,(H,36,51)(H,37,53)(H,38,43)(H,39,50)(H,40,52)(H,41,55)(H,42,54)(H,44,45)(H,46,47)(H,48,49)/t18-,19-,20-,21-,22-,23-/m0/s1. The molecule has 0 unspecified atom stereocenters. The Bertz CT molecular complexity index is 1380. The Morgan fingerprint density at radius 1 is 0.491 bits per heavy atom. The van der Waals surface area contributed by atoms with Crippen LogP contribution in [-0.4, -0.2) is 130 Å². The smallest absolute Gasteiger partial charge is 0.322 e.